The minimum absolute atomic E-state index is 0.0591. The van der Waals surface area contributed by atoms with E-state index in [-0.39, 0.29) is 24.3 Å². The number of aromatic nitrogens is 8. The number of carbonyl (C=O) groups is 2. The molecule has 6 N–H and O–H groups in total. The molecule has 0 saturated heterocycles. The highest BCUT2D eigenvalue weighted by atomic mass is 32.2. The number of alkyl halides is 6. The van der Waals surface area contributed by atoms with E-state index in [1.54, 1.807) is 36.7 Å². The van der Waals surface area contributed by atoms with Gasteiger partial charge in [0.25, 0.3) is 11.8 Å². The summed E-state index contributed by atoms with van der Waals surface area (Å²) in [5.74, 6) is -0.731. The van der Waals surface area contributed by atoms with Crippen molar-refractivity contribution in [3.05, 3.63) is 148 Å². The van der Waals surface area contributed by atoms with Crippen LogP contribution in [0, 0.1) is 27.7 Å². The number of hydrogen-bond donors (Lipinski definition) is 5. The molecule has 72 heavy (non-hydrogen) atoms. The SMILES string of the molecule is CSc1ncc2cc(-c3cc(NC(=O)c4ccnc(C(F)(F)F)c4)ccc3C)c(C)nc2n1.Cc1ccc(NC(=O)c2ccnc(C(F)(F)F)c2)cc1-c1cc2cnc(CCCO)nc2nc1C.NCCO. The minimum Gasteiger partial charge on any atom is -0.396 e. The van der Waals surface area contributed by atoms with Crippen molar-refractivity contribution in [3.63, 3.8) is 0 Å². The number of amides is 2. The van der Waals surface area contributed by atoms with E-state index in [9.17, 15) is 35.9 Å². The molecule has 0 unspecified atom stereocenters. The molecule has 6 aromatic heterocycles. The van der Waals surface area contributed by atoms with Crippen molar-refractivity contribution in [1.29, 1.82) is 0 Å². The van der Waals surface area contributed by atoms with Gasteiger partial charge in [-0.05, 0) is 123 Å². The number of aliphatic hydroxyl groups is 2. The fourth-order valence-corrected chi connectivity index (χ4v) is 7.30. The van der Waals surface area contributed by atoms with Crippen LogP contribution in [-0.4, -0.2) is 87.9 Å². The number of carbonyl (C=O) groups excluding carboxylic acids is 2. The molecular weight excluding hydrogens is 965 g/mol. The maximum absolute atomic E-state index is 12.9. The number of anilines is 2. The molecule has 8 rings (SSSR count). The number of halogens is 6. The summed E-state index contributed by atoms with van der Waals surface area (Å²) in [6.45, 7) is 8.10. The normalized spacial score (nSPS) is 11.4. The number of aliphatic hydroxyl groups excluding tert-OH is 2. The van der Waals surface area contributed by atoms with E-state index in [0.717, 1.165) is 80.1 Å². The molecule has 374 valence electrons. The molecule has 0 atom stereocenters. The third-order valence-corrected chi connectivity index (χ3v) is 11.2. The van der Waals surface area contributed by atoms with Gasteiger partial charge in [0.1, 0.15) is 17.2 Å². The predicted octanol–water partition coefficient (Wildman–Crippen LogP) is 9.53. The van der Waals surface area contributed by atoms with E-state index in [4.69, 9.17) is 15.9 Å². The van der Waals surface area contributed by atoms with Gasteiger partial charge in [0.2, 0.25) is 0 Å². The molecule has 6 heterocycles. The maximum atomic E-state index is 12.9. The summed E-state index contributed by atoms with van der Waals surface area (Å²) in [5, 5.41) is 24.2. The summed E-state index contributed by atoms with van der Waals surface area (Å²) < 4.78 is 77.6. The Bertz CT molecular complexity index is 3250. The first kappa shape index (κ1) is 53.8. The van der Waals surface area contributed by atoms with Crippen molar-refractivity contribution in [1.82, 2.24) is 39.9 Å². The molecule has 0 saturated carbocycles. The Morgan fingerprint density at radius 1 is 0.597 bits per heavy atom. The molecule has 0 bridgehead atoms. The first-order chi connectivity index (χ1) is 34.2. The number of rotatable bonds is 11. The molecule has 22 heteroatoms. The molecule has 0 aliphatic heterocycles. The van der Waals surface area contributed by atoms with Gasteiger partial charge >= 0.3 is 12.4 Å². The molecule has 0 aliphatic rings. The van der Waals surface area contributed by atoms with Crippen LogP contribution in [0.4, 0.5) is 37.7 Å². The minimum atomic E-state index is -4.64. The Hall–Kier alpha value is -7.53. The third-order valence-electron chi connectivity index (χ3n) is 10.6. The highest BCUT2D eigenvalue weighted by molar-refractivity contribution is 7.98. The molecule has 0 spiro atoms. The number of thioether (sulfide) groups is 1. The number of hydrogen-bond acceptors (Lipinski definition) is 14. The van der Waals surface area contributed by atoms with Crippen molar-refractivity contribution < 1.29 is 46.1 Å². The zero-order valence-electron chi connectivity index (χ0n) is 39.3. The lowest BCUT2D eigenvalue weighted by molar-refractivity contribution is -0.142. The summed E-state index contributed by atoms with van der Waals surface area (Å²) in [4.78, 5) is 58.5. The number of nitrogens with two attached hydrogens (primary N) is 1. The Kier molecular flexibility index (Phi) is 17.6. The Morgan fingerprint density at radius 3 is 1.49 bits per heavy atom. The molecule has 15 nitrogen and oxygen atoms in total. The second-order valence-corrected chi connectivity index (χ2v) is 16.6. The standard InChI is InChI=1S/C25H22F3N5O2.C23H18F3N5OS.C2H7NO/c1-14-5-6-18(32-24(35)16-7-8-29-21(11-16)25(26,27)28)12-19(14)20-10-17-13-30-22(4-3-9-34)33-23(17)31-15(20)2;1-12-4-5-16(30-21(32)14-6-7-27-19(9-14)23(24,25)26)10-17(12)18-8-15-11-28-22(33-3)31-20(15)29-13(18)2;3-1-2-4/h5-8,10-13,34H,3-4,9H2,1-2H3,(H,32,35);4-11H,1-3H3,(H,30,32);4H,1-3H2. The number of nitrogens with zero attached hydrogens (tertiary/aromatic N) is 8. The van der Waals surface area contributed by atoms with E-state index < -0.39 is 35.6 Å². The summed E-state index contributed by atoms with van der Waals surface area (Å²) in [6.07, 6.45) is -0.936. The van der Waals surface area contributed by atoms with Crippen LogP contribution in [-0.2, 0) is 18.8 Å². The van der Waals surface area contributed by atoms with E-state index in [1.807, 2.05) is 58.2 Å². The second kappa shape index (κ2) is 23.6. The predicted molar refractivity (Wildman–Crippen MR) is 262 cm³/mol. The average Bonchev–Trinajstić information content (AvgIpc) is 3.36. The summed E-state index contributed by atoms with van der Waals surface area (Å²) in [5.41, 5.74) is 10.9. The fourth-order valence-electron chi connectivity index (χ4n) is 6.97. The van der Waals surface area contributed by atoms with Gasteiger partial charge in [-0.3, -0.25) is 19.6 Å². The highest BCUT2D eigenvalue weighted by Crippen LogP contribution is 2.34. The largest absolute Gasteiger partial charge is 0.433 e. The summed E-state index contributed by atoms with van der Waals surface area (Å²) >= 11 is 1.43. The lowest BCUT2D eigenvalue weighted by Gasteiger charge is -2.13. The van der Waals surface area contributed by atoms with Gasteiger partial charge < -0.3 is 26.6 Å². The fraction of sp³-hybridized carbons (Fsp3) is 0.240. The smallest absolute Gasteiger partial charge is 0.396 e. The molecule has 0 radical (unpaired) electrons. The van der Waals surface area contributed by atoms with Gasteiger partial charge in [0.15, 0.2) is 16.5 Å². The van der Waals surface area contributed by atoms with Gasteiger partial charge in [0, 0.05) is 100 Å². The molecule has 2 amide bonds. The molecule has 2 aromatic carbocycles. The highest BCUT2D eigenvalue weighted by Gasteiger charge is 2.34. The van der Waals surface area contributed by atoms with Crippen LogP contribution >= 0.6 is 11.8 Å². The number of benzene rings is 2. The van der Waals surface area contributed by atoms with Crippen molar-refractivity contribution in [2.75, 3.05) is 36.6 Å². The summed E-state index contributed by atoms with van der Waals surface area (Å²) in [6, 6.07) is 18.3. The van der Waals surface area contributed by atoms with Crippen LogP contribution in [0.2, 0.25) is 0 Å². The van der Waals surface area contributed by atoms with Crippen LogP contribution in [0.15, 0.2) is 103 Å². The van der Waals surface area contributed by atoms with Crippen molar-refractivity contribution in [2.45, 2.75) is 58.0 Å². The van der Waals surface area contributed by atoms with Crippen molar-refractivity contribution >= 4 is 57.0 Å². The Balaban J connectivity index is 0.000000219. The van der Waals surface area contributed by atoms with E-state index >= 15 is 0 Å². The third kappa shape index (κ3) is 13.7. The van der Waals surface area contributed by atoms with Gasteiger partial charge in [-0.1, -0.05) is 23.9 Å². The summed E-state index contributed by atoms with van der Waals surface area (Å²) in [7, 11) is 0. The molecule has 0 aliphatic carbocycles. The molecular formula is C50H47F6N11O4S. The number of nitrogens with one attached hydrogen (secondary N) is 2. The van der Waals surface area contributed by atoms with E-state index in [2.05, 4.69) is 50.5 Å². The van der Waals surface area contributed by atoms with Gasteiger partial charge in [-0.15, -0.1) is 0 Å². The van der Waals surface area contributed by atoms with Crippen molar-refractivity contribution in [2.24, 2.45) is 5.73 Å². The average molecular weight is 1010 g/mol. The first-order valence-corrected chi connectivity index (χ1v) is 23.1. The van der Waals surface area contributed by atoms with Crippen LogP contribution in [0.1, 0.15) is 66.9 Å². The topological polar surface area (TPSA) is 228 Å². The van der Waals surface area contributed by atoms with Crippen LogP contribution in [0.25, 0.3) is 44.3 Å². The van der Waals surface area contributed by atoms with Gasteiger partial charge in [0.05, 0.1) is 6.61 Å². The number of aryl methyl sites for hydroxylation is 5. The van der Waals surface area contributed by atoms with Crippen LogP contribution < -0.4 is 16.4 Å². The first-order valence-electron chi connectivity index (χ1n) is 21.9. The zero-order chi connectivity index (χ0) is 52.3. The number of fused-ring (bicyclic) bond motifs is 2. The zero-order valence-corrected chi connectivity index (χ0v) is 40.1. The Labute approximate surface area is 412 Å². The maximum Gasteiger partial charge on any atom is 0.433 e. The quantitative estimate of drug-likeness (QED) is 0.0462. The van der Waals surface area contributed by atoms with Gasteiger partial charge in [-0.2, -0.15) is 26.3 Å². The van der Waals surface area contributed by atoms with Crippen LogP contribution in [0.3, 0.4) is 0 Å². The van der Waals surface area contributed by atoms with E-state index in [1.165, 1.54) is 23.9 Å². The van der Waals surface area contributed by atoms with Crippen LogP contribution in [0.5, 0.6) is 0 Å². The molecule has 0 fully saturated rings. The van der Waals surface area contributed by atoms with Gasteiger partial charge in [-0.25, -0.2) is 29.9 Å². The second-order valence-electron chi connectivity index (χ2n) is 15.9. The monoisotopic (exact) mass is 1010 g/mol. The molecule has 8 aromatic rings. The lowest BCUT2D eigenvalue weighted by Crippen LogP contribution is -2.15. The number of pyridine rings is 4. The Morgan fingerprint density at radius 2 is 1.06 bits per heavy atom. The van der Waals surface area contributed by atoms with Crippen molar-refractivity contribution in [3.8, 4) is 22.3 Å². The van der Waals surface area contributed by atoms with E-state index in [0.29, 0.717) is 53.0 Å². The lowest BCUT2D eigenvalue weighted by atomic mass is 9.98.